The van der Waals surface area contributed by atoms with Crippen LogP contribution < -0.4 is 4.31 Å². The molecular formula is C12H15Cl2NO3S. The molecule has 1 aromatic rings. The molecule has 0 amide bonds. The van der Waals surface area contributed by atoms with E-state index in [2.05, 4.69) is 0 Å². The molecule has 0 unspecified atom stereocenters. The van der Waals surface area contributed by atoms with Gasteiger partial charge >= 0.3 is 10.3 Å². The van der Waals surface area contributed by atoms with E-state index >= 15 is 0 Å². The Hall–Kier alpha value is -0.490. The number of rotatable bonds is 3. The number of hydrogen-bond donors (Lipinski definition) is 1. The summed E-state index contributed by atoms with van der Waals surface area (Å²) in [6.07, 6.45) is 4.44. The smallest absolute Gasteiger partial charge is 0.269 e. The minimum atomic E-state index is -4.34. The van der Waals surface area contributed by atoms with Gasteiger partial charge in [-0.05, 0) is 31.0 Å². The molecule has 19 heavy (non-hydrogen) atoms. The average molecular weight is 324 g/mol. The maximum Gasteiger partial charge on any atom is 0.360 e. The van der Waals surface area contributed by atoms with Crippen molar-refractivity contribution in [2.75, 3.05) is 4.31 Å². The first-order valence-electron chi connectivity index (χ1n) is 6.11. The summed E-state index contributed by atoms with van der Waals surface area (Å²) >= 11 is 11.8. The van der Waals surface area contributed by atoms with Gasteiger partial charge in [-0.1, -0.05) is 42.5 Å². The molecule has 0 atom stereocenters. The lowest BCUT2D eigenvalue weighted by Gasteiger charge is -2.33. The highest BCUT2D eigenvalue weighted by molar-refractivity contribution is 7.87. The van der Waals surface area contributed by atoms with Gasteiger partial charge in [0.1, 0.15) is 0 Å². The summed E-state index contributed by atoms with van der Waals surface area (Å²) in [5.41, 5.74) is 0.312. The number of halogens is 2. The highest BCUT2D eigenvalue weighted by Crippen LogP contribution is 2.32. The summed E-state index contributed by atoms with van der Waals surface area (Å²) in [5.74, 6) is 0. The van der Waals surface area contributed by atoms with Crippen molar-refractivity contribution in [1.29, 1.82) is 0 Å². The average Bonchev–Trinajstić information content (AvgIpc) is 2.27. The van der Waals surface area contributed by atoms with Crippen LogP contribution in [-0.4, -0.2) is 19.0 Å². The molecule has 0 bridgehead atoms. The predicted molar refractivity (Wildman–Crippen MR) is 77.4 cm³/mol. The Morgan fingerprint density at radius 1 is 1.05 bits per heavy atom. The van der Waals surface area contributed by atoms with E-state index in [1.54, 1.807) is 0 Å². The van der Waals surface area contributed by atoms with Gasteiger partial charge in [-0.2, -0.15) is 8.42 Å². The summed E-state index contributed by atoms with van der Waals surface area (Å²) in [6.45, 7) is 0. The third-order valence-electron chi connectivity index (χ3n) is 3.26. The van der Waals surface area contributed by atoms with Crippen molar-refractivity contribution < 1.29 is 13.0 Å². The predicted octanol–water partition coefficient (Wildman–Crippen LogP) is 3.94. The summed E-state index contributed by atoms with van der Waals surface area (Å²) < 4.78 is 33.8. The molecule has 1 fully saturated rings. The van der Waals surface area contributed by atoms with E-state index in [4.69, 9.17) is 23.2 Å². The molecule has 0 aromatic heterocycles. The third kappa shape index (κ3) is 3.75. The van der Waals surface area contributed by atoms with Crippen LogP contribution in [0.4, 0.5) is 5.69 Å². The summed E-state index contributed by atoms with van der Waals surface area (Å²) in [6, 6.07) is 4.28. The Morgan fingerprint density at radius 2 is 1.58 bits per heavy atom. The first-order valence-corrected chi connectivity index (χ1v) is 8.26. The quantitative estimate of drug-likeness (QED) is 0.857. The van der Waals surface area contributed by atoms with Crippen LogP contribution >= 0.6 is 23.2 Å². The van der Waals surface area contributed by atoms with Gasteiger partial charge in [0.15, 0.2) is 0 Å². The Morgan fingerprint density at radius 3 is 2.05 bits per heavy atom. The lowest BCUT2D eigenvalue weighted by atomic mass is 9.95. The minimum absolute atomic E-state index is 0.238. The SMILES string of the molecule is O=S(=O)(O)N(c1cc(Cl)cc(Cl)c1)C1CCCCC1. The lowest BCUT2D eigenvalue weighted by molar-refractivity contribution is 0.416. The minimum Gasteiger partial charge on any atom is -0.269 e. The second kappa shape index (κ2) is 5.87. The van der Waals surface area contributed by atoms with Crippen LogP contribution in [-0.2, 0) is 10.3 Å². The summed E-state index contributed by atoms with van der Waals surface area (Å²) in [5, 5.41) is 0.680. The summed E-state index contributed by atoms with van der Waals surface area (Å²) in [4.78, 5) is 0. The largest absolute Gasteiger partial charge is 0.360 e. The highest BCUT2D eigenvalue weighted by atomic mass is 35.5. The Kier molecular flexibility index (Phi) is 4.61. The molecule has 0 spiro atoms. The van der Waals surface area contributed by atoms with Crippen LogP contribution in [0.1, 0.15) is 32.1 Å². The van der Waals surface area contributed by atoms with Crippen LogP contribution in [0.3, 0.4) is 0 Å². The zero-order valence-electron chi connectivity index (χ0n) is 10.2. The molecule has 7 heteroatoms. The lowest BCUT2D eigenvalue weighted by Crippen LogP contribution is -2.41. The first kappa shape index (κ1) is 14.9. The van der Waals surface area contributed by atoms with Crippen molar-refractivity contribution in [2.24, 2.45) is 0 Å². The van der Waals surface area contributed by atoms with Crippen LogP contribution in [0, 0.1) is 0 Å². The van der Waals surface area contributed by atoms with Crippen molar-refractivity contribution in [2.45, 2.75) is 38.1 Å². The van der Waals surface area contributed by atoms with Gasteiger partial charge in [-0.3, -0.25) is 4.55 Å². The molecule has 0 aliphatic heterocycles. The van der Waals surface area contributed by atoms with E-state index < -0.39 is 10.3 Å². The molecule has 1 N–H and O–H groups in total. The van der Waals surface area contributed by atoms with Gasteiger partial charge < -0.3 is 0 Å². The maximum absolute atomic E-state index is 11.6. The van der Waals surface area contributed by atoms with Crippen LogP contribution in [0.15, 0.2) is 18.2 Å². The fourth-order valence-corrected chi connectivity index (χ4v) is 3.99. The van der Waals surface area contributed by atoms with Gasteiger partial charge in [0.2, 0.25) is 0 Å². The Labute approximate surface area is 123 Å². The summed E-state index contributed by atoms with van der Waals surface area (Å²) in [7, 11) is -4.34. The van der Waals surface area contributed by atoms with Crippen molar-refractivity contribution in [3.63, 3.8) is 0 Å². The van der Waals surface area contributed by atoms with E-state index in [0.29, 0.717) is 15.7 Å². The van der Waals surface area contributed by atoms with Gasteiger partial charge in [0.25, 0.3) is 0 Å². The van der Waals surface area contributed by atoms with Crippen molar-refractivity contribution in [1.82, 2.24) is 0 Å². The standard InChI is InChI=1S/C12H15Cl2NO3S/c13-9-6-10(14)8-12(7-9)15(19(16,17)18)11-4-2-1-3-5-11/h6-8,11H,1-5H2,(H,16,17,18). The van der Waals surface area contributed by atoms with Crippen molar-refractivity contribution in [3.05, 3.63) is 28.2 Å². The Balaban J connectivity index is 2.42. The molecule has 4 nitrogen and oxygen atoms in total. The number of anilines is 1. The molecule has 1 aromatic carbocycles. The molecule has 2 rings (SSSR count). The van der Waals surface area contributed by atoms with Crippen molar-refractivity contribution >= 4 is 39.2 Å². The fourth-order valence-electron chi connectivity index (χ4n) is 2.51. The molecule has 1 saturated carbocycles. The molecule has 0 heterocycles. The molecular weight excluding hydrogens is 309 g/mol. The van der Waals surface area contributed by atoms with E-state index in [-0.39, 0.29) is 6.04 Å². The zero-order valence-corrected chi connectivity index (χ0v) is 12.5. The monoisotopic (exact) mass is 323 g/mol. The van der Waals surface area contributed by atoms with Crippen molar-refractivity contribution in [3.8, 4) is 0 Å². The van der Waals surface area contributed by atoms with Crippen LogP contribution in [0.25, 0.3) is 0 Å². The number of benzene rings is 1. The van der Waals surface area contributed by atoms with Crippen LogP contribution in [0.5, 0.6) is 0 Å². The zero-order chi connectivity index (χ0) is 14.0. The van der Waals surface area contributed by atoms with Gasteiger partial charge in [-0.25, -0.2) is 4.31 Å². The number of nitrogens with zero attached hydrogens (tertiary/aromatic N) is 1. The van der Waals surface area contributed by atoms with E-state index in [9.17, 15) is 13.0 Å². The normalized spacial score (nSPS) is 17.4. The Bertz CT molecular complexity index is 536. The van der Waals surface area contributed by atoms with Gasteiger partial charge in [-0.15, -0.1) is 0 Å². The topological polar surface area (TPSA) is 57.6 Å². The second-order valence-corrected chi connectivity index (χ2v) is 6.86. The first-order chi connectivity index (χ1) is 8.88. The third-order valence-corrected chi connectivity index (χ3v) is 4.70. The van der Waals surface area contributed by atoms with E-state index in [1.165, 1.54) is 18.2 Å². The highest BCUT2D eigenvalue weighted by Gasteiger charge is 2.30. The maximum atomic E-state index is 11.6. The van der Waals surface area contributed by atoms with Crippen LogP contribution in [0.2, 0.25) is 10.0 Å². The second-order valence-electron chi connectivity index (χ2n) is 4.69. The van der Waals surface area contributed by atoms with E-state index in [0.717, 1.165) is 36.4 Å². The molecule has 0 radical (unpaired) electrons. The van der Waals surface area contributed by atoms with Gasteiger partial charge in [0, 0.05) is 16.1 Å². The molecule has 1 aliphatic rings. The number of hydrogen-bond acceptors (Lipinski definition) is 2. The molecule has 106 valence electrons. The fraction of sp³-hybridized carbons (Fsp3) is 0.500. The molecule has 1 aliphatic carbocycles. The molecule has 0 saturated heterocycles. The van der Waals surface area contributed by atoms with Gasteiger partial charge in [0.05, 0.1) is 5.69 Å². The van der Waals surface area contributed by atoms with E-state index in [1.807, 2.05) is 0 Å².